The molecule has 1 atom stereocenters. The van der Waals surface area contributed by atoms with E-state index < -0.39 is 6.10 Å². The number of hydrogen-bond acceptors (Lipinski definition) is 6. The van der Waals surface area contributed by atoms with Crippen LogP contribution in [-0.2, 0) is 17.9 Å². The van der Waals surface area contributed by atoms with Crippen LogP contribution >= 0.6 is 11.3 Å². The van der Waals surface area contributed by atoms with Gasteiger partial charge in [0.2, 0.25) is 5.82 Å². The number of nitrogens with zero attached hydrogens (tertiary/aromatic N) is 4. The lowest BCUT2D eigenvalue weighted by Crippen LogP contribution is -2.23. The van der Waals surface area contributed by atoms with Crippen LogP contribution in [0.4, 0.5) is 0 Å². The molecule has 114 valence electrons. The van der Waals surface area contributed by atoms with Gasteiger partial charge in [0, 0.05) is 10.4 Å². The van der Waals surface area contributed by atoms with Gasteiger partial charge in [0.15, 0.2) is 0 Å². The Bertz CT molecular complexity index is 685. The summed E-state index contributed by atoms with van der Waals surface area (Å²) in [7, 11) is 0. The first-order valence-electron chi connectivity index (χ1n) is 6.92. The summed E-state index contributed by atoms with van der Waals surface area (Å²) in [5, 5.41) is 24.2. The van der Waals surface area contributed by atoms with Gasteiger partial charge in [-0.1, -0.05) is 36.4 Å². The standard InChI is InChI=1S/C15H16N4O2S/c20-13(10-21-11-14-7-4-8-22-14)9-19-17-15(16-18-19)12-5-2-1-3-6-12/h1-8,13,20H,9-11H2/t13-/m1/s1. The zero-order chi connectivity index (χ0) is 15.2. The highest BCUT2D eigenvalue weighted by Crippen LogP contribution is 2.12. The maximum absolute atomic E-state index is 9.96. The molecule has 2 aromatic heterocycles. The van der Waals surface area contributed by atoms with E-state index in [1.807, 2.05) is 47.8 Å². The number of aromatic nitrogens is 4. The van der Waals surface area contributed by atoms with E-state index in [0.717, 1.165) is 10.4 Å². The summed E-state index contributed by atoms with van der Waals surface area (Å²) in [5.74, 6) is 0.548. The lowest BCUT2D eigenvalue weighted by Gasteiger charge is -2.09. The van der Waals surface area contributed by atoms with Gasteiger partial charge in [0.05, 0.1) is 25.9 Å². The van der Waals surface area contributed by atoms with Gasteiger partial charge in [-0.15, -0.1) is 21.5 Å². The van der Waals surface area contributed by atoms with Crippen LogP contribution < -0.4 is 0 Å². The van der Waals surface area contributed by atoms with E-state index in [4.69, 9.17) is 4.74 Å². The molecule has 0 aliphatic carbocycles. The monoisotopic (exact) mass is 316 g/mol. The van der Waals surface area contributed by atoms with Crippen molar-refractivity contribution in [1.82, 2.24) is 20.2 Å². The van der Waals surface area contributed by atoms with Crippen molar-refractivity contribution in [3.63, 3.8) is 0 Å². The summed E-state index contributed by atoms with van der Waals surface area (Å²) in [6, 6.07) is 13.6. The third kappa shape index (κ3) is 3.97. The van der Waals surface area contributed by atoms with Crippen LogP contribution in [0.25, 0.3) is 11.4 Å². The molecule has 0 radical (unpaired) electrons. The fourth-order valence-corrected chi connectivity index (χ4v) is 2.60. The van der Waals surface area contributed by atoms with Crippen molar-refractivity contribution in [2.24, 2.45) is 0 Å². The Hall–Kier alpha value is -2.09. The highest BCUT2D eigenvalue weighted by molar-refractivity contribution is 7.09. The number of aliphatic hydroxyl groups is 1. The molecule has 7 heteroatoms. The van der Waals surface area contributed by atoms with Gasteiger partial charge in [-0.3, -0.25) is 0 Å². The van der Waals surface area contributed by atoms with E-state index in [1.165, 1.54) is 4.80 Å². The van der Waals surface area contributed by atoms with Crippen LogP contribution in [0.2, 0.25) is 0 Å². The highest BCUT2D eigenvalue weighted by Gasteiger charge is 2.10. The van der Waals surface area contributed by atoms with Gasteiger partial charge in [0.25, 0.3) is 0 Å². The van der Waals surface area contributed by atoms with Crippen molar-refractivity contribution >= 4 is 11.3 Å². The first-order valence-corrected chi connectivity index (χ1v) is 7.80. The van der Waals surface area contributed by atoms with Crippen molar-refractivity contribution < 1.29 is 9.84 Å². The van der Waals surface area contributed by atoms with Crippen LogP contribution in [0.1, 0.15) is 4.88 Å². The largest absolute Gasteiger partial charge is 0.389 e. The first-order chi connectivity index (χ1) is 10.8. The minimum absolute atomic E-state index is 0.236. The molecule has 0 amide bonds. The summed E-state index contributed by atoms with van der Waals surface area (Å²) in [6.07, 6.45) is -0.669. The van der Waals surface area contributed by atoms with Crippen LogP contribution in [0.3, 0.4) is 0 Å². The van der Waals surface area contributed by atoms with E-state index in [9.17, 15) is 5.11 Å². The van der Waals surface area contributed by atoms with E-state index >= 15 is 0 Å². The van der Waals surface area contributed by atoms with Gasteiger partial charge in [-0.05, 0) is 16.7 Å². The summed E-state index contributed by atoms with van der Waals surface area (Å²) in [5.41, 5.74) is 0.900. The van der Waals surface area contributed by atoms with Crippen LogP contribution in [0.5, 0.6) is 0 Å². The van der Waals surface area contributed by atoms with Crippen molar-refractivity contribution in [2.45, 2.75) is 19.3 Å². The van der Waals surface area contributed by atoms with E-state index in [-0.39, 0.29) is 13.2 Å². The molecule has 3 aromatic rings. The summed E-state index contributed by atoms with van der Waals surface area (Å²) < 4.78 is 5.47. The van der Waals surface area contributed by atoms with E-state index in [2.05, 4.69) is 15.4 Å². The lowest BCUT2D eigenvalue weighted by molar-refractivity contribution is 0.0174. The Morgan fingerprint density at radius 3 is 2.82 bits per heavy atom. The number of benzene rings is 1. The predicted octanol–water partition coefficient (Wildman–Crippen LogP) is 1.98. The molecule has 22 heavy (non-hydrogen) atoms. The lowest BCUT2D eigenvalue weighted by atomic mass is 10.2. The molecular formula is C15H16N4O2S. The normalized spacial score (nSPS) is 12.4. The average Bonchev–Trinajstić information content (AvgIpc) is 3.20. The Morgan fingerprint density at radius 1 is 1.18 bits per heavy atom. The van der Waals surface area contributed by atoms with Gasteiger partial charge in [-0.25, -0.2) is 0 Å². The first kappa shape index (κ1) is 14.8. The number of rotatable bonds is 7. The number of aliphatic hydroxyl groups excluding tert-OH is 1. The molecule has 3 rings (SSSR count). The molecule has 6 nitrogen and oxygen atoms in total. The molecule has 0 unspecified atom stereocenters. The van der Waals surface area contributed by atoms with Crippen molar-refractivity contribution in [1.29, 1.82) is 0 Å². The summed E-state index contributed by atoms with van der Waals surface area (Å²) in [4.78, 5) is 2.53. The third-order valence-corrected chi connectivity index (χ3v) is 3.84. The van der Waals surface area contributed by atoms with Crippen molar-refractivity contribution in [3.05, 3.63) is 52.7 Å². The molecule has 0 saturated carbocycles. The molecule has 2 heterocycles. The predicted molar refractivity (Wildman–Crippen MR) is 83.2 cm³/mol. The molecule has 0 fully saturated rings. The summed E-state index contributed by atoms with van der Waals surface area (Å²) in [6.45, 7) is 0.999. The minimum Gasteiger partial charge on any atom is -0.389 e. The second kappa shape index (κ2) is 7.26. The quantitative estimate of drug-likeness (QED) is 0.721. The smallest absolute Gasteiger partial charge is 0.204 e. The molecule has 1 aromatic carbocycles. The maximum atomic E-state index is 9.96. The van der Waals surface area contributed by atoms with Gasteiger partial charge in [-0.2, -0.15) is 4.80 Å². The number of tetrazole rings is 1. The molecular weight excluding hydrogens is 300 g/mol. The average molecular weight is 316 g/mol. The topological polar surface area (TPSA) is 73.1 Å². The molecule has 0 bridgehead atoms. The van der Waals surface area contributed by atoms with Gasteiger partial charge < -0.3 is 9.84 Å². The highest BCUT2D eigenvalue weighted by atomic mass is 32.1. The maximum Gasteiger partial charge on any atom is 0.204 e. The Morgan fingerprint density at radius 2 is 2.05 bits per heavy atom. The SMILES string of the molecule is O[C@@H](COCc1cccs1)Cn1nnc(-c2ccccc2)n1. The number of thiophene rings is 1. The van der Waals surface area contributed by atoms with Crippen LogP contribution in [-0.4, -0.2) is 38.0 Å². The molecule has 0 aliphatic heterocycles. The minimum atomic E-state index is -0.669. The molecule has 0 saturated heterocycles. The fraction of sp³-hybridized carbons (Fsp3) is 0.267. The number of hydrogen-bond donors (Lipinski definition) is 1. The fourth-order valence-electron chi connectivity index (χ4n) is 1.95. The van der Waals surface area contributed by atoms with Crippen LogP contribution in [0.15, 0.2) is 47.8 Å². The Balaban J connectivity index is 1.49. The second-order valence-electron chi connectivity index (χ2n) is 4.78. The third-order valence-electron chi connectivity index (χ3n) is 2.99. The number of ether oxygens (including phenoxy) is 1. The molecule has 0 spiro atoms. The van der Waals surface area contributed by atoms with Gasteiger partial charge in [0.1, 0.15) is 0 Å². The van der Waals surface area contributed by atoms with Crippen molar-refractivity contribution in [2.75, 3.05) is 6.61 Å². The summed E-state index contributed by atoms with van der Waals surface area (Å²) >= 11 is 1.63. The Labute approximate surface area is 132 Å². The molecule has 1 N–H and O–H groups in total. The van der Waals surface area contributed by atoms with Gasteiger partial charge >= 0.3 is 0 Å². The second-order valence-corrected chi connectivity index (χ2v) is 5.81. The van der Waals surface area contributed by atoms with Crippen molar-refractivity contribution in [3.8, 4) is 11.4 Å². The Kier molecular flexibility index (Phi) is 4.89. The van der Waals surface area contributed by atoms with E-state index in [1.54, 1.807) is 11.3 Å². The zero-order valence-electron chi connectivity index (χ0n) is 11.9. The zero-order valence-corrected chi connectivity index (χ0v) is 12.7. The molecule has 0 aliphatic rings. The van der Waals surface area contributed by atoms with E-state index in [0.29, 0.717) is 12.4 Å². The van der Waals surface area contributed by atoms with Crippen LogP contribution in [0, 0.1) is 0 Å².